The summed E-state index contributed by atoms with van der Waals surface area (Å²) in [7, 11) is 0. The average Bonchev–Trinajstić information content (AvgIpc) is 2.71. The summed E-state index contributed by atoms with van der Waals surface area (Å²) < 4.78 is 46.8. The Kier molecular flexibility index (Phi) is 6.58. The van der Waals surface area contributed by atoms with Gasteiger partial charge >= 0.3 is 6.36 Å². The lowest BCUT2D eigenvalue weighted by Gasteiger charge is -2.10. The molecule has 0 radical (unpaired) electrons. The topological polar surface area (TPSA) is 82.5 Å². The van der Waals surface area contributed by atoms with Crippen molar-refractivity contribution in [2.24, 2.45) is 0 Å². The van der Waals surface area contributed by atoms with Gasteiger partial charge in [0.05, 0.1) is 18.6 Å². The van der Waals surface area contributed by atoms with Gasteiger partial charge in [0.25, 0.3) is 5.56 Å². The SMILES string of the molecule is CCOc1ccc(-c2cc(=O)n(CC(=O)Nc3ccc(OC(F)(F)F)cc3)cn2)cc1. The lowest BCUT2D eigenvalue weighted by molar-refractivity contribution is -0.274. The Bertz CT molecular complexity index is 1090. The van der Waals surface area contributed by atoms with Crippen molar-refractivity contribution in [1.82, 2.24) is 9.55 Å². The van der Waals surface area contributed by atoms with Crippen molar-refractivity contribution in [3.05, 3.63) is 71.3 Å². The number of hydrogen-bond donors (Lipinski definition) is 1. The Balaban J connectivity index is 1.63. The highest BCUT2D eigenvalue weighted by molar-refractivity contribution is 5.90. The zero-order valence-electron chi connectivity index (χ0n) is 16.3. The minimum Gasteiger partial charge on any atom is -0.494 e. The van der Waals surface area contributed by atoms with Gasteiger partial charge in [0.2, 0.25) is 5.91 Å². The first-order valence-electron chi connectivity index (χ1n) is 9.19. The molecule has 0 atom stereocenters. The van der Waals surface area contributed by atoms with Gasteiger partial charge in [-0.3, -0.25) is 14.2 Å². The summed E-state index contributed by atoms with van der Waals surface area (Å²) in [4.78, 5) is 28.7. The second kappa shape index (κ2) is 9.33. The smallest absolute Gasteiger partial charge is 0.494 e. The highest BCUT2D eigenvalue weighted by atomic mass is 19.4. The largest absolute Gasteiger partial charge is 0.573 e. The van der Waals surface area contributed by atoms with Crippen LogP contribution in [0.4, 0.5) is 18.9 Å². The van der Waals surface area contributed by atoms with E-state index >= 15 is 0 Å². The molecule has 0 saturated heterocycles. The van der Waals surface area contributed by atoms with E-state index in [0.717, 1.165) is 22.3 Å². The van der Waals surface area contributed by atoms with Gasteiger partial charge in [-0.25, -0.2) is 4.98 Å². The predicted octanol–water partition coefficient (Wildman–Crippen LogP) is 3.85. The van der Waals surface area contributed by atoms with E-state index in [0.29, 0.717) is 18.1 Å². The van der Waals surface area contributed by atoms with Crippen molar-refractivity contribution in [1.29, 1.82) is 0 Å². The molecule has 0 aliphatic carbocycles. The van der Waals surface area contributed by atoms with Crippen molar-refractivity contribution in [3.63, 3.8) is 0 Å². The summed E-state index contributed by atoms with van der Waals surface area (Å²) in [6.45, 7) is 2.11. The molecular weight excluding hydrogens is 415 g/mol. The number of hydrogen-bond acceptors (Lipinski definition) is 5. The maximum atomic E-state index is 12.3. The molecule has 31 heavy (non-hydrogen) atoms. The van der Waals surface area contributed by atoms with Crippen LogP contribution in [0.1, 0.15) is 6.92 Å². The molecule has 1 heterocycles. The average molecular weight is 433 g/mol. The number of anilines is 1. The molecule has 0 saturated carbocycles. The van der Waals surface area contributed by atoms with Crippen molar-refractivity contribution >= 4 is 11.6 Å². The monoisotopic (exact) mass is 433 g/mol. The summed E-state index contributed by atoms with van der Waals surface area (Å²) >= 11 is 0. The molecule has 10 heteroatoms. The van der Waals surface area contributed by atoms with E-state index in [1.165, 1.54) is 24.5 Å². The maximum absolute atomic E-state index is 12.3. The number of carbonyl (C=O) groups excluding carboxylic acids is 1. The van der Waals surface area contributed by atoms with Gasteiger partial charge in [0.15, 0.2) is 0 Å². The van der Waals surface area contributed by atoms with Crippen LogP contribution < -0.4 is 20.3 Å². The van der Waals surface area contributed by atoms with Gasteiger partial charge < -0.3 is 14.8 Å². The number of rotatable bonds is 7. The van der Waals surface area contributed by atoms with Crippen LogP contribution in [0.2, 0.25) is 0 Å². The van der Waals surface area contributed by atoms with E-state index in [2.05, 4.69) is 15.0 Å². The summed E-state index contributed by atoms with van der Waals surface area (Å²) in [5.41, 5.74) is 0.998. The van der Waals surface area contributed by atoms with Crippen LogP contribution in [0, 0.1) is 0 Å². The third-order valence-electron chi connectivity index (χ3n) is 4.03. The van der Waals surface area contributed by atoms with Crippen LogP contribution in [0.3, 0.4) is 0 Å². The Labute approximate surface area is 175 Å². The van der Waals surface area contributed by atoms with Gasteiger partial charge in [-0.15, -0.1) is 13.2 Å². The third kappa shape index (κ3) is 6.33. The number of alkyl halides is 3. The number of aromatic nitrogens is 2. The Morgan fingerprint density at radius 3 is 2.29 bits per heavy atom. The molecule has 0 spiro atoms. The summed E-state index contributed by atoms with van der Waals surface area (Å²) in [5, 5.41) is 2.50. The second-order valence-corrected chi connectivity index (χ2v) is 6.32. The highest BCUT2D eigenvalue weighted by Crippen LogP contribution is 2.24. The summed E-state index contributed by atoms with van der Waals surface area (Å²) in [5.74, 6) is -0.243. The van der Waals surface area contributed by atoms with E-state index in [-0.39, 0.29) is 12.2 Å². The molecule has 0 unspecified atom stereocenters. The summed E-state index contributed by atoms with van der Waals surface area (Å²) in [6.07, 6.45) is -3.54. The zero-order valence-corrected chi connectivity index (χ0v) is 16.3. The molecule has 3 rings (SSSR count). The Morgan fingerprint density at radius 2 is 1.71 bits per heavy atom. The lowest BCUT2D eigenvalue weighted by Crippen LogP contribution is -2.27. The molecule has 7 nitrogen and oxygen atoms in total. The number of carbonyl (C=O) groups is 1. The second-order valence-electron chi connectivity index (χ2n) is 6.32. The van der Waals surface area contributed by atoms with Gasteiger partial charge in [-0.1, -0.05) is 0 Å². The molecular formula is C21H18F3N3O4. The number of benzene rings is 2. The van der Waals surface area contributed by atoms with E-state index in [1.807, 2.05) is 6.92 Å². The van der Waals surface area contributed by atoms with E-state index in [4.69, 9.17) is 4.74 Å². The minimum atomic E-state index is -4.80. The summed E-state index contributed by atoms with van der Waals surface area (Å²) in [6, 6.07) is 13.1. The number of amides is 1. The van der Waals surface area contributed by atoms with Crippen molar-refractivity contribution in [3.8, 4) is 22.8 Å². The molecule has 0 aliphatic heterocycles. The molecule has 0 aliphatic rings. The zero-order chi connectivity index (χ0) is 22.4. The highest BCUT2D eigenvalue weighted by Gasteiger charge is 2.30. The van der Waals surface area contributed by atoms with Gasteiger partial charge in [-0.05, 0) is 55.5 Å². The van der Waals surface area contributed by atoms with Crippen LogP contribution in [-0.2, 0) is 11.3 Å². The number of nitrogens with zero attached hydrogens (tertiary/aromatic N) is 2. The van der Waals surface area contributed by atoms with Gasteiger partial charge in [0, 0.05) is 17.3 Å². The fourth-order valence-electron chi connectivity index (χ4n) is 2.69. The first-order valence-corrected chi connectivity index (χ1v) is 9.19. The number of ether oxygens (including phenoxy) is 2. The van der Waals surface area contributed by atoms with E-state index in [1.54, 1.807) is 24.3 Å². The van der Waals surface area contributed by atoms with Crippen LogP contribution in [-0.4, -0.2) is 28.4 Å². The molecule has 1 N–H and O–H groups in total. The molecule has 1 amide bonds. The van der Waals surface area contributed by atoms with Crippen LogP contribution in [0.25, 0.3) is 11.3 Å². The number of halogens is 3. The van der Waals surface area contributed by atoms with E-state index in [9.17, 15) is 22.8 Å². The van der Waals surface area contributed by atoms with Gasteiger partial charge in [-0.2, -0.15) is 0 Å². The first kappa shape index (κ1) is 21.9. The van der Waals surface area contributed by atoms with Crippen molar-refractivity contribution in [2.45, 2.75) is 19.8 Å². The van der Waals surface area contributed by atoms with Crippen LogP contribution >= 0.6 is 0 Å². The van der Waals surface area contributed by atoms with Crippen LogP contribution in [0.5, 0.6) is 11.5 Å². The quantitative estimate of drug-likeness (QED) is 0.612. The Hall–Kier alpha value is -3.82. The first-order chi connectivity index (χ1) is 14.7. The minimum absolute atomic E-state index is 0.256. The van der Waals surface area contributed by atoms with Crippen LogP contribution in [0.15, 0.2) is 65.7 Å². The molecule has 162 valence electrons. The molecule has 0 fully saturated rings. The van der Waals surface area contributed by atoms with Crippen molar-refractivity contribution < 1.29 is 27.4 Å². The van der Waals surface area contributed by atoms with Gasteiger partial charge in [0.1, 0.15) is 18.0 Å². The standard InChI is InChI=1S/C21H18F3N3O4/c1-2-30-16-7-3-14(4-8-16)18-11-20(29)27(13-25-18)12-19(28)26-15-5-9-17(10-6-15)31-21(22,23)24/h3-11,13H,2,12H2,1H3,(H,26,28). The molecule has 1 aromatic heterocycles. The predicted molar refractivity (Wildman–Crippen MR) is 107 cm³/mol. The van der Waals surface area contributed by atoms with Crippen molar-refractivity contribution in [2.75, 3.05) is 11.9 Å². The van der Waals surface area contributed by atoms with E-state index < -0.39 is 23.6 Å². The molecule has 0 bridgehead atoms. The fourth-order valence-corrected chi connectivity index (χ4v) is 2.69. The maximum Gasteiger partial charge on any atom is 0.573 e. The number of nitrogens with one attached hydrogen (secondary N) is 1. The molecule has 2 aromatic carbocycles. The normalized spacial score (nSPS) is 11.1. The molecule has 3 aromatic rings. The Morgan fingerprint density at radius 1 is 1.06 bits per heavy atom. The third-order valence-corrected chi connectivity index (χ3v) is 4.03. The lowest BCUT2D eigenvalue weighted by atomic mass is 10.1. The fraction of sp³-hybridized carbons (Fsp3) is 0.190.